The van der Waals surface area contributed by atoms with Gasteiger partial charge in [-0.05, 0) is 46.6 Å². The molecule has 0 aliphatic heterocycles. The standard InChI is InChI=1S/C15H29N5O5/c1-8(17)12(21)18-9(2)13(22)19-10(3)14(23)20-11(15(24)25)6-4-5-7-16/h8-11H,4-7,16-17H2,1-3H3,(H,18,21)(H,19,22)(H,20,23)(H,24,25). The lowest BCUT2D eigenvalue weighted by atomic mass is 10.1. The monoisotopic (exact) mass is 359 g/mol. The number of carbonyl (C=O) groups excluding carboxylic acids is 3. The molecule has 0 fully saturated rings. The number of amides is 3. The van der Waals surface area contributed by atoms with E-state index in [-0.39, 0.29) is 6.42 Å². The van der Waals surface area contributed by atoms with Gasteiger partial charge in [0.05, 0.1) is 6.04 Å². The molecule has 0 saturated heterocycles. The topological polar surface area (TPSA) is 177 Å². The lowest BCUT2D eigenvalue weighted by Gasteiger charge is -2.21. The van der Waals surface area contributed by atoms with Crippen LogP contribution in [0.1, 0.15) is 40.0 Å². The number of nitrogens with two attached hydrogens (primary N) is 2. The second-order valence-electron chi connectivity index (χ2n) is 5.93. The molecule has 4 unspecified atom stereocenters. The lowest BCUT2D eigenvalue weighted by Crippen LogP contribution is -2.55. The Hall–Kier alpha value is -2.20. The van der Waals surface area contributed by atoms with E-state index in [1.54, 1.807) is 0 Å². The van der Waals surface area contributed by atoms with E-state index in [0.717, 1.165) is 0 Å². The third-order valence-corrected chi connectivity index (χ3v) is 3.48. The Bertz CT molecular complexity index is 483. The molecule has 0 aromatic rings. The van der Waals surface area contributed by atoms with E-state index in [1.165, 1.54) is 20.8 Å². The Labute approximate surface area is 147 Å². The number of hydrogen-bond donors (Lipinski definition) is 6. The summed E-state index contributed by atoms with van der Waals surface area (Å²) in [6.45, 7) is 4.80. The smallest absolute Gasteiger partial charge is 0.326 e. The number of carboxylic acids is 1. The molecule has 3 amide bonds. The number of aliphatic carboxylic acids is 1. The van der Waals surface area contributed by atoms with E-state index in [0.29, 0.717) is 19.4 Å². The first kappa shape index (κ1) is 22.8. The molecule has 4 atom stereocenters. The summed E-state index contributed by atoms with van der Waals surface area (Å²) < 4.78 is 0. The highest BCUT2D eigenvalue weighted by Gasteiger charge is 2.25. The van der Waals surface area contributed by atoms with E-state index < -0.39 is 47.9 Å². The van der Waals surface area contributed by atoms with Gasteiger partial charge in [-0.1, -0.05) is 0 Å². The van der Waals surface area contributed by atoms with Gasteiger partial charge in [-0.2, -0.15) is 0 Å². The van der Waals surface area contributed by atoms with Crippen LogP contribution in [0.4, 0.5) is 0 Å². The summed E-state index contributed by atoms with van der Waals surface area (Å²) >= 11 is 0. The van der Waals surface area contributed by atoms with Gasteiger partial charge in [-0.3, -0.25) is 14.4 Å². The van der Waals surface area contributed by atoms with Crippen LogP contribution in [0.25, 0.3) is 0 Å². The predicted molar refractivity (Wildman–Crippen MR) is 91.3 cm³/mol. The average molecular weight is 359 g/mol. The molecule has 0 aromatic heterocycles. The first-order valence-corrected chi connectivity index (χ1v) is 8.19. The zero-order valence-electron chi connectivity index (χ0n) is 14.9. The van der Waals surface area contributed by atoms with Crippen LogP contribution in [-0.2, 0) is 19.2 Å². The van der Waals surface area contributed by atoms with Crippen LogP contribution in [0.5, 0.6) is 0 Å². The van der Waals surface area contributed by atoms with Crippen LogP contribution in [-0.4, -0.2) is 59.5 Å². The highest BCUT2D eigenvalue weighted by atomic mass is 16.4. The molecule has 0 rings (SSSR count). The van der Waals surface area contributed by atoms with Gasteiger partial charge in [0, 0.05) is 0 Å². The van der Waals surface area contributed by atoms with Gasteiger partial charge in [-0.15, -0.1) is 0 Å². The molecule has 10 nitrogen and oxygen atoms in total. The number of nitrogens with one attached hydrogen (secondary N) is 3. The number of rotatable bonds is 11. The molecular weight excluding hydrogens is 330 g/mol. The summed E-state index contributed by atoms with van der Waals surface area (Å²) in [6, 6.07) is -3.65. The molecule has 0 heterocycles. The third-order valence-electron chi connectivity index (χ3n) is 3.48. The van der Waals surface area contributed by atoms with Crippen molar-refractivity contribution in [3.05, 3.63) is 0 Å². The minimum Gasteiger partial charge on any atom is -0.480 e. The van der Waals surface area contributed by atoms with Crippen molar-refractivity contribution < 1.29 is 24.3 Å². The summed E-state index contributed by atoms with van der Waals surface area (Å²) in [7, 11) is 0. The van der Waals surface area contributed by atoms with Gasteiger partial charge in [0.15, 0.2) is 0 Å². The predicted octanol–water partition coefficient (Wildman–Crippen LogP) is -1.96. The maximum absolute atomic E-state index is 12.1. The average Bonchev–Trinajstić information content (AvgIpc) is 2.53. The van der Waals surface area contributed by atoms with Gasteiger partial charge < -0.3 is 32.5 Å². The largest absolute Gasteiger partial charge is 0.480 e. The van der Waals surface area contributed by atoms with Gasteiger partial charge in [-0.25, -0.2) is 4.79 Å². The summed E-state index contributed by atoms with van der Waals surface area (Å²) in [5, 5.41) is 16.3. The van der Waals surface area contributed by atoms with Crippen molar-refractivity contribution in [3.63, 3.8) is 0 Å². The van der Waals surface area contributed by atoms with Crippen LogP contribution in [0.2, 0.25) is 0 Å². The number of unbranched alkanes of at least 4 members (excludes halogenated alkanes) is 1. The highest BCUT2D eigenvalue weighted by molar-refractivity contribution is 5.93. The maximum Gasteiger partial charge on any atom is 0.326 e. The minimum atomic E-state index is -1.15. The van der Waals surface area contributed by atoms with E-state index in [4.69, 9.17) is 16.6 Å². The van der Waals surface area contributed by atoms with Crippen molar-refractivity contribution in [2.75, 3.05) is 6.54 Å². The van der Waals surface area contributed by atoms with Crippen molar-refractivity contribution in [1.29, 1.82) is 0 Å². The van der Waals surface area contributed by atoms with Crippen molar-refractivity contribution in [3.8, 4) is 0 Å². The zero-order valence-corrected chi connectivity index (χ0v) is 14.9. The van der Waals surface area contributed by atoms with Crippen LogP contribution in [0.15, 0.2) is 0 Å². The Balaban J connectivity index is 4.53. The van der Waals surface area contributed by atoms with Crippen LogP contribution >= 0.6 is 0 Å². The molecular formula is C15H29N5O5. The molecule has 25 heavy (non-hydrogen) atoms. The van der Waals surface area contributed by atoms with Gasteiger partial charge >= 0.3 is 5.97 Å². The summed E-state index contributed by atoms with van der Waals surface area (Å²) in [6.07, 6.45) is 1.47. The quantitative estimate of drug-likeness (QED) is 0.232. The van der Waals surface area contributed by atoms with Crippen molar-refractivity contribution in [1.82, 2.24) is 16.0 Å². The van der Waals surface area contributed by atoms with Crippen molar-refractivity contribution in [2.24, 2.45) is 11.5 Å². The van der Waals surface area contributed by atoms with Gasteiger partial charge in [0.25, 0.3) is 0 Å². The molecule has 0 aromatic carbocycles. The van der Waals surface area contributed by atoms with Crippen LogP contribution < -0.4 is 27.4 Å². The molecule has 0 aliphatic rings. The molecule has 0 aliphatic carbocycles. The fourth-order valence-corrected chi connectivity index (χ4v) is 1.86. The van der Waals surface area contributed by atoms with E-state index in [9.17, 15) is 19.2 Å². The third kappa shape index (κ3) is 9.01. The molecule has 8 N–H and O–H groups in total. The molecule has 0 saturated carbocycles. The zero-order chi connectivity index (χ0) is 19.6. The first-order chi connectivity index (χ1) is 11.6. The molecule has 144 valence electrons. The summed E-state index contributed by atoms with van der Waals surface area (Å²) in [5.41, 5.74) is 10.8. The Morgan fingerprint density at radius 1 is 0.880 bits per heavy atom. The minimum absolute atomic E-state index is 0.250. The molecule has 10 heteroatoms. The molecule has 0 radical (unpaired) electrons. The van der Waals surface area contributed by atoms with Crippen LogP contribution in [0.3, 0.4) is 0 Å². The SMILES string of the molecule is CC(N)C(=O)NC(C)C(=O)NC(C)C(=O)NC(CCCCN)C(=O)O. The first-order valence-electron chi connectivity index (χ1n) is 8.19. The summed E-state index contributed by atoms with van der Waals surface area (Å²) in [4.78, 5) is 46.7. The Morgan fingerprint density at radius 3 is 1.80 bits per heavy atom. The van der Waals surface area contributed by atoms with E-state index in [2.05, 4.69) is 16.0 Å². The van der Waals surface area contributed by atoms with E-state index in [1.807, 2.05) is 0 Å². The maximum atomic E-state index is 12.1. The lowest BCUT2D eigenvalue weighted by molar-refractivity contribution is -0.142. The van der Waals surface area contributed by atoms with E-state index >= 15 is 0 Å². The summed E-state index contributed by atoms with van der Waals surface area (Å²) in [5.74, 6) is -2.85. The Morgan fingerprint density at radius 2 is 1.36 bits per heavy atom. The number of carboxylic acid groups (broad SMARTS) is 1. The van der Waals surface area contributed by atoms with Gasteiger partial charge in [0.2, 0.25) is 17.7 Å². The highest BCUT2D eigenvalue weighted by Crippen LogP contribution is 2.01. The van der Waals surface area contributed by atoms with Crippen LogP contribution in [0, 0.1) is 0 Å². The Kier molecular flexibility index (Phi) is 10.4. The molecule has 0 bridgehead atoms. The van der Waals surface area contributed by atoms with Gasteiger partial charge in [0.1, 0.15) is 18.1 Å². The normalized spacial score (nSPS) is 15.4. The van der Waals surface area contributed by atoms with Crippen molar-refractivity contribution in [2.45, 2.75) is 64.2 Å². The molecule has 0 spiro atoms. The van der Waals surface area contributed by atoms with Crippen molar-refractivity contribution >= 4 is 23.7 Å². The number of hydrogen-bond acceptors (Lipinski definition) is 6. The fourth-order valence-electron chi connectivity index (χ4n) is 1.86. The fraction of sp³-hybridized carbons (Fsp3) is 0.733. The second kappa shape index (κ2) is 11.4. The number of carbonyl (C=O) groups is 4. The second-order valence-corrected chi connectivity index (χ2v) is 5.93.